The summed E-state index contributed by atoms with van der Waals surface area (Å²) in [4.78, 5) is 16.6. The Balaban J connectivity index is 2.64. The minimum atomic E-state index is 0.183. The molecule has 2 aromatic rings. The summed E-state index contributed by atoms with van der Waals surface area (Å²) in [5.74, 6) is 1.30. The van der Waals surface area contributed by atoms with E-state index in [1.165, 1.54) is 6.33 Å². The zero-order valence-electron chi connectivity index (χ0n) is 9.66. The summed E-state index contributed by atoms with van der Waals surface area (Å²) in [7, 11) is 0. The van der Waals surface area contributed by atoms with E-state index in [1.807, 2.05) is 13.8 Å². The van der Waals surface area contributed by atoms with E-state index in [0.29, 0.717) is 22.7 Å². The van der Waals surface area contributed by atoms with E-state index in [2.05, 4.69) is 30.6 Å². The van der Waals surface area contributed by atoms with Crippen molar-refractivity contribution in [2.24, 2.45) is 0 Å². The molecule has 0 unspecified atom stereocenters. The van der Waals surface area contributed by atoms with E-state index in [9.17, 15) is 0 Å². The van der Waals surface area contributed by atoms with Gasteiger partial charge in [0.25, 0.3) is 0 Å². The summed E-state index contributed by atoms with van der Waals surface area (Å²) in [5.41, 5.74) is 1.30. The lowest BCUT2D eigenvalue weighted by atomic mass is 10.3. The molecule has 2 aromatic heterocycles. The average Bonchev–Trinajstić information content (AvgIpc) is 2.31. The van der Waals surface area contributed by atoms with Crippen LogP contribution < -0.4 is 10.6 Å². The zero-order chi connectivity index (χ0) is 12.3. The van der Waals surface area contributed by atoms with Gasteiger partial charge < -0.3 is 10.6 Å². The fraction of sp³-hybridized carbons (Fsp3) is 0.400. The van der Waals surface area contributed by atoms with Crippen molar-refractivity contribution in [3.05, 3.63) is 11.6 Å². The lowest BCUT2D eigenvalue weighted by Crippen LogP contribution is -2.06. The number of rotatable bonds is 4. The summed E-state index contributed by atoms with van der Waals surface area (Å²) in [6.45, 7) is 5.46. The lowest BCUT2D eigenvalue weighted by molar-refractivity contribution is 1.09. The Morgan fingerprint density at radius 2 is 1.71 bits per heavy atom. The quantitative estimate of drug-likeness (QED) is 0.810. The van der Waals surface area contributed by atoms with Gasteiger partial charge in [-0.05, 0) is 25.4 Å². The maximum atomic E-state index is 5.89. The van der Waals surface area contributed by atoms with Crippen molar-refractivity contribution in [1.82, 2.24) is 19.9 Å². The second-order valence-electron chi connectivity index (χ2n) is 3.32. The first-order chi connectivity index (χ1) is 8.26. The number of hydrogen-bond donors (Lipinski definition) is 2. The molecule has 0 aliphatic carbocycles. The second-order valence-corrected chi connectivity index (χ2v) is 3.66. The van der Waals surface area contributed by atoms with Crippen LogP contribution in [-0.4, -0.2) is 33.0 Å². The van der Waals surface area contributed by atoms with Crippen LogP contribution in [-0.2, 0) is 0 Å². The third kappa shape index (κ3) is 2.36. The van der Waals surface area contributed by atoms with E-state index in [0.717, 1.165) is 13.1 Å². The van der Waals surface area contributed by atoms with Crippen molar-refractivity contribution >= 4 is 34.3 Å². The Morgan fingerprint density at radius 3 is 2.41 bits per heavy atom. The predicted molar refractivity (Wildman–Crippen MR) is 68.5 cm³/mol. The molecule has 0 aliphatic rings. The summed E-state index contributed by atoms with van der Waals surface area (Å²) in [6.07, 6.45) is 1.48. The third-order valence-corrected chi connectivity index (χ3v) is 2.31. The molecule has 17 heavy (non-hydrogen) atoms. The molecule has 2 heterocycles. The van der Waals surface area contributed by atoms with Crippen LogP contribution >= 0.6 is 11.6 Å². The first-order valence-corrected chi connectivity index (χ1v) is 5.80. The molecule has 0 amide bonds. The number of halogens is 1. The van der Waals surface area contributed by atoms with Crippen LogP contribution in [0.1, 0.15) is 13.8 Å². The van der Waals surface area contributed by atoms with Gasteiger partial charge in [-0.15, -0.1) is 0 Å². The standard InChI is InChI=1S/C10H13ClN6/c1-3-12-8-7-6(14-5-15-8)9(13-4-2)17-10(11)16-7/h5H,3-4H2,1-2H3,(H,12,14,15)(H,13,16,17). The fourth-order valence-electron chi connectivity index (χ4n) is 1.51. The van der Waals surface area contributed by atoms with Crippen LogP contribution in [0.3, 0.4) is 0 Å². The summed E-state index contributed by atoms with van der Waals surface area (Å²) < 4.78 is 0. The van der Waals surface area contributed by atoms with E-state index in [1.54, 1.807) is 0 Å². The number of fused-ring (bicyclic) bond motifs is 1. The lowest BCUT2D eigenvalue weighted by Gasteiger charge is -2.09. The van der Waals surface area contributed by atoms with E-state index < -0.39 is 0 Å². The van der Waals surface area contributed by atoms with Crippen LogP contribution in [0.25, 0.3) is 11.0 Å². The van der Waals surface area contributed by atoms with Crippen LogP contribution in [0.5, 0.6) is 0 Å². The van der Waals surface area contributed by atoms with Gasteiger partial charge in [0, 0.05) is 13.1 Å². The van der Waals surface area contributed by atoms with Crippen LogP contribution in [0.4, 0.5) is 11.6 Å². The Morgan fingerprint density at radius 1 is 1.00 bits per heavy atom. The van der Waals surface area contributed by atoms with Crippen molar-refractivity contribution in [2.45, 2.75) is 13.8 Å². The molecule has 6 nitrogen and oxygen atoms in total. The molecule has 7 heteroatoms. The van der Waals surface area contributed by atoms with Crippen LogP contribution in [0, 0.1) is 0 Å². The average molecular weight is 253 g/mol. The van der Waals surface area contributed by atoms with Gasteiger partial charge in [-0.3, -0.25) is 0 Å². The fourth-order valence-corrected chi connectivity index (χ4v) is 1.68. The molecular weight excluding hydrogens is 240 g/mol. The number of hydrogen-bond acceptors (Lipinski definition) is 6. The van der Waals surface area contributed by atoms with E-state index in [-0.39, 0.29) is 5.28 Å². The molecule has 0 atom stereocenters. The van der Waals surface area contributed by atoms with Gasteiger partial charge in [-0.2, -0.15) is 4.98 Å². The maximum absolute atomic E-state index is 5.89. The number of aromatic nitrogens is 4. The molecule has 2 rings (SSSR count). The Hall–Kier alpha value is -1.69. The highest BCUT2D eigenvalue weighted by Crippen LogP contribution is 2.23. The van der Waals surface area contributed by atoms with Crippen molar-refractivity contribution < 1.29 is 0 Å². The summed E-state index contributed by atoms with van der Waals surface area (Å²) in [6, 6.07) is 0. The van der Waals surface area contributed by atoms with Crippen molar-refractivity contribution in [3.63, 3.8) is 0 Å². The topological polar surface area (TPSA) is 75.6 Å². The zero-order valence-corrected chi connectivity index (χ0v) is 10.4. The van der Waals surface area contributed by atoms with Crippen molar-refractivity contribution in [3.8, 4) is 0 Å². The summed E-state index contributed by atoms with van der Waals surface area (Å²) >= 11 is 5.89. The monoisotopic (exact) mass is 252 g/mol. The Labute approximate surface area is 104 Å². The molecule has 0 saturated carbocycles. The number of nitrogens with one attached hydrogen (secondary N) is 2. The van der Waals surface area contributed by atoms with E-state index in [4.69, 9.17) is 11.6 Å². The predicted octanol–water partition coefficient (Wildman–Crippen LogP) is 1.94. The molecule has 0 spiro atoms. The Kier molecular flexibility index (Phi) is 3.53. The largest absolute Gasteiger partial charge is 0.368 e. The van der Waals surface area contributed by atoms with E-state index >= 15 is 0 Å². The van der Waals surface area contributed by atoms with Crippen molar-refractivity contribution in [2.75, 3.05) is 23.7 Å². The van der Waals surface area contributed by atoms with Gasteiger partial charge in [0.15, 0.2) is 11.6 Å². The molecule has 0 aromatic carbocycles. The van der Waals surface area contributed by atoms with Gasteiger partial charge >= 0.3 is 0 Å². The first-order valence-electron chi connectivity index (χ1n) is 5.42. The molecular formula is C10H13ClN6. The Bertz CT molecular complexity index is 529. The van der Waals surface area contributed by atoms with Gasteiger partial charge in [0.1, 0.15) is 17.4 Å². The SMILES string of the molecule is CCNc1nc(Cl)nc2c(NCC)ncnc12. The maximum Gasteiger partial charge on any atom is 0.225 e. The summed E-state index contributed by atoms with van der Waals surface area (Å²) in [5, 5.41) is 6.41. The molecule has 0 aliphatic heterocycles. The molecule has 2 N–H and O–H groups in total. The van der Waals surface area contributed by atoms with Gasteiger partial charge in [-0.25, -0.2) is 15.0 Å². The minimum Gasteiger partial charge on any atom is -0.368 e. The highest BCUT2D eigenvalue weighted by atomic mass is 35.5. The molecule has 90 valence electrons. The normalized spacial score (nSPS) is 10.5. The molecule has 0 bridgehead atoms. The van der Waals surface area contributed by atoms with Crippen LogP contribution in [0.2, 0.25) is 5.28 Å². The molecule has 0 radical (unpaired) electrons. The highest BCUT2D eigenvalue weighted by molar-refractivity contribution is 6.28. The molecule has 0 fully saturated rings. The first kappa shape index (κ1) is 11.8. The van der Waals surface area contributed by atoms with Gasteiger partial charge in [-0.1, -0.05) is 0 Å². The van der Waals surface area contributed by atoms with Crippen molar-refractivity contribution in [1.29, 1.82) is 0 Å². The van der Waals surface area contributed by atoms with Gasteiger partial charge in [0.05, 0.1) is 0 Å². The number of anilines is 2. The molecule has 0 saturated heterocycles. The smallest absolute Gasteiger partial charge is 0.225 e. The highest BCUT2D eigenvalue weighted by Gasteiger charge is 2.11. The second kappa shape index (κ2) is 5.09. The third-order valence-electron chi connectivity index (χ3n) is 2.14. The minimum absolute atomic E-state index is 0.183. The van der Waals surface area contributed by atoms with Gasteiger partial charge in [0.2, 0.25) is 5.28 Å². The number of nitrogens with zero attached hydrogens (tertiary/aromatic N) is 4. The van der Waals surface area contributed by atoms with Crippen LogP contribution in [0.15, 0.2) is 6.33 Å².